The Morgan fingerprint density at radius 3 is 2.80 bits per heavy atom. The van der Waals surface area contributed by atoms with Gasteiger partial charge in [0.15, 0.2) is 0 Å². The molecule has 0 aliphatic heterocycles. The van der Waals surface area contributed by atoms with Crippen LogP contribution in [0.15, 0.2) is 27.6 Å². The topological polar surface area (TPSA) is 63.4 Å². The van der Waals surface area contributed by atoms with Crippen molar-refractivity contribution in [1.29, 1.82) is 0 Å². The summed E-state index contributed by atoms with van der Waals surface area (Å²) in [6.45, 7) is 0.164. The summed E-state index contributed by atoms with van der Waals surface area (Å²) in [7, 11) is 0. The predicted octanol–water partition coefficient (Wildman–Crippen LogP) is 2.83. The van der Waals surface area contributed by atoms with Crippen molar-refractivity contribution < 1.29 is 10.0 Å². The maximum Gasteiger partial charge on any atom is 0.270 e. The van der Waals surface area contributed by atoms with Gasteiger partial charge in [-0.25, -0.2) is 0 Å². The minimum Gasteiger partial charge on any atom is -0.396 e. The summed E-state index contributed by atoms with van der Waals surface area (Å²) in [6.07, 6.45) is 0.716. The fraction of sp³-hybridized carbons (Fsp3) is 0.333. The highest BCUT2D eigenvalue weighted by atomic mass is 79.9. The molecule has 1 N–H and O–H groups in total. The molecule has 0 saturated carbocycles. The molecule has 0 unspecified atom stereocenters. The second-order valence-corrected chi connectivity index (χ2v) is 4.79. The second kappa shape index (κ2) is 6.09. The van der Waals surface area contributed by atoms with Gasteiger partial charge in [-0.3, -0.25) is 10.1 Å². The quantitative estimate of drug-likeness (QED) is 0.392. The summed E-state index contributed by atoms with van der Waals surface area (Å²) in [4.78, 5) is 11.0. The molecule has 15 heavy (non-hydrogen) atoms. The third-order valence-electron chi connectivity index (χ3n) is 1.69. The molecule has 0 heterocycles. The Morgan fingerprint density at radius 1 is 1.53 bits per heavy atom. The Morgan fingerprint density at radius 2 is 2.27 bits per heavy atom. The van der Waals surface area contributed by atoms with E-state index in [9.17, 15) is 10.1 Å². The summed E-state index contributed by atoms with van der Waals surface area (Å²) in [5.41, 5.74) is 0.0772. The summed E-state index contributed by atoms with van der Waals surface area (Å²) in [5.74, 6) is 0.799. The molecule has 82 valence electrons. The van der Waals surface area contributed by atoms with Crippen molar-refractivity contribution in [1.82, 2.24) is 0 Å². The predicted molar refractivity (Wildman–Crippen MR) is 63.2 cm³/mol. The van der Waals surface area contributed by atoms with E-state index in [0.717, 1.165) is 15.1 Å². The second-order valence-electron chi connectivity index (χ2n) is 2.80. The fourth-order valence-corrected chi connectivity index (χ4v) is 2.53. The molecule has 0 aliphatic carbocycles. The number of thioether (sulfide) groups is 1. The van der Waals surface area contributed by atoms with Crippen LogP contribution in [0.1, 0.15) is 6.42 Å². The number of nitro groups is 1. The summed E-state index contributed by atoms with van der Waals surface area (Å²) in [5, 5.41) is 19.1. The van der Waals surface area contributed by atoms with E-state index in [-0.39, 0.29) is 12.3 Å². The Bertz CT molecular complexity index is 359. The molecule has 1 rings (SSSR count). The molecule has 0 spiro atoms. The molecule has 4 nitrogen and oxygen atoms in total. The lowest BCUT2D eigenvalue weighted by atomic mass is 10.3. The maximum atomic E-state index is 10.5. The van der Waals surface area contributed by atoms with Gasteiger partial charge in [0, 0.05) is 33.9 Å². The number of hydrogen-bond acceptors (Lipinski definition) is 4. The van der Waals surface area contributed by atoms with Crippen LogP contribution in [0.25, 0.3) is 0 Å². The van der Waals surface area contributed by atoms with Crippen LogP contribution in [0.3, 0.4) is 0 Å². The summed E-state index contributed by atoms with van der Waals surface area (Å²) < 4.78 is 0.722. The Labute approximate surface area is 100.0 Å². The largest absolute Gasteiger partial charge is 0.396 e. The van der Waals surface area contributed by atoms with Crippen molar-refractivity contribution in [2.24, 2.45) is 0 Å². The van der Waals surface area contributed by atoms with Gasteiger partial charge in [0.25, 0.3) is 5.69 Å². The zero-order chi connectivity index (χ0) is 11.3. The molecule has 6 heteroatoms. The number of halogens is 1. The van der Waals surface area contributed by atoms with Gasteiger partial charge in [-0.15, -0.1) is 11.8 Å². The number of aliphatic hydroxyl groups is 1. The first-order chi connectivity index (χ1) is 7.15. The molecule has 0 bridgehead atoms. The zero-order valence-electron chi connectivity index (χ0n) is 7.85. The van der Waals surface area contributed by atoms with E-state index in [1.807, 2.05) is 0 Å². The third kappa shape index (κ3) is 3.81. The molecular formula is C9H10BrNO3S. The SMILES string of the molecule is O=[N+]([O-])c1ccc(SCCCO)c(Br)c1. The van der Waals surface area contributed by atoms with Crippen LogP contribution < -0.4 is 0 Å². The average Bonchev–Trinajstić information content (AvgIpc) is 2.20. The summed E-state index contributed by atoms with van der Waals surface area (Å²) in [6, 6.07) is 4.68. The van der Waals surface area contributed by atoms with E-state index in [4.69, 9.17) is 5.11 Å². The van der Waals surface area contributed by atoms with Crippen molar-refractivity contribution in [3.05, 3.63) is 32.8 Å². The minimum absolute atomic E-state index is 0.0772. The van der Waals surface area contributed by atoms with Crippen LogP contribution in [0.4, 0.5) is 5.69 Å². The van der Waals surface area contributed by atoms with Gasteiger partial charge >= 0.3 is 0 Å². The van der Waals surface area contributed by atoms with Crippen molar-refractivity contribution in [3.8, 4) is 0 Å². The van der Waals surface area contributed by atoms with Crippen molar-refractivity contribution in [2.75, 3.05) is 12.4 Å². The highest BCUT2D eigenvalue weighted by Crippen LogP contribution is 2.30. The van der Waals surface area contributed by atoms with Gasteiger partial charge in [0.1, 0.15) is 0 Å². The van der Waals surface area contributed by atoms with Crippen LogP contribution in [-0.2, 0) is 0 Å². The van der Waals surface area contributed by atoms with E-state index >= 15 is 0 Å². The number of hydrogen-bond donors (Lipinski definition) is 1. The average molecular weight is 292 g/mol. The zero-order valence-corrected chi connectivity index (χ0v) is 10.3. The number of rotatable bonds is 5. The number of nitro benzene ring substituents is 1. The molecule has 1 aromatic rings. The summed E-state index contributed by atoms with van der Waals surface area (Å²) >= 11 is 4.84. The standard InChI is InChI=1S/C9H10BrNO3S/c10-8-6-7(11(13)14)2-3-9(8)15-5-1-4-12/h2-3,6,12H,1,4-5H2. The molecule has 0 atom stereocenters. The molecule has 0 amide bonds. The number of non-ortho nitro benzene ring substituents is 1. The van der Waals surface area contributed by atoms with E-state index in [2.05, 4.69) is 15.9 Å². The third-order valence-corrected chi connectivity index (χ3v) is 3.76. The fourth-order valence-electron chi connectivity index (χ4n) is 0.967. The number of benzene rings is 1. The van der Waals surface area contributed by atoms with Crippen LogP contribution in [0, 0.1) is 10.1 Å². The molecule has 0 aliphatic rings. The Kier molecular flexibility index (Phi) is 5.07. The van der Waals surface area contributed by atoms with Crippen LogP contribution in [0.5, 0.6) is 0 Å². The highest BCUT2D eigenvalue weighted by molar-refractivity contribution is 9.10. The highest BCUT2D eigenvalue weighted by Gasteiger charge is 2.08. The van der Waals surface area contributed by atoms with Gasteiger partial charge in [-0.05, 0) is 28.4 Å². The number of nitrogens with zero attached hydrogens (tertiary/aromatic N) is 1. The lowest BCUT2D eigenvalue weighted by molar-refractivity contribution is -0.385. The van der Waals surface area contributed by atoms with Gasteiger partial charge in [0.2, 0.25) is 0 Å². The Balaban J connectivity index is 2.70. The lowest BCUT2D eigenvalue weighted by Gasteiger charge is -2.02. The monoisotopic (exact) mass is 291 g/mol. The van der Waals surface area contributed by atoms with Crippen molar-refractivity contribution in [2.45, 2.75) is 11.3 Å². The molecule has 1 aromatic carbocycles. The Hall–Kier alpha value is -0.590. The smallest absolute Gasteiger partial charge is 0.270 e. The van der Waals surface area contributed by atoms with E-state index in [1.54, 1.807) is 17.8 Å². The minimum atomic E-state index is -0.424. The van der Waals surface area contributed by atoms with Crippen LogP contribution in [0.2, 0.25) is 0 Å². The molecule has 0 aromatic heterocycles. The number of aliphatic hydroxyl groups excluding tert-OH is 1. The van der Waals surface area contributed by atoms with Gasteiger partial charge in [-0.1, -0.05) is 0 Å². The van der Waals surface area contributed by atoms with E-state index < -0.39 is 4.92 Å². The van der Waals surface area contributed by atoms with Crippen molar-refractivity contribution >= 4 is 33.4 Å². The van der Waals surface area contributed by atoms with Gasteiger partial charge in [-0.2, -0.15) is 0 Å². The van der Waals surface area contributed by atoms with Crippen LogP contribution >= 0.6 is 27.7 Å². The first-order valence-electron chi connectivity index (χ1n) is 4.32. The molecule has 0 fully saturated rings. The van der Waals surface area contributed by atoms with Gasteiger partial charge in [0.05, 0.1) is 4.92 Å². The van der Waals surface area contributed by atoms with Crippen molar-refractivity contribution in [3.63, 3.8) is 0 Å². The molecule has 0 radical (unpaired) electrons. The van der Waals surface area contributed by atoms with E-state index in [1.165, 1.54) is 12.1 Å². The van der Waals surface area contributed by atoms with Crippen LogP contribution in [-0.4, -0.2) is 22.4 Å². The molecular weight excluding hydrogens is 282 g/mol. The normalized spacial score (nSPS) is 10.3. The lowest BCUT2D eigenvalue weighted by Crippen LogP contribution is -1.89. The maximum absolute atomic E-state index is 10.5. The van der Waals surface area contributed by atoms with Gasteiger partial charge < -0.3 is 5.11 Å². The molecule has 0 saturated heterocycles. The van der Waals surface area contributed by atoms with E-state index in [0.29, 0.717) is 6.42 Å². The first kappa shape index (κ1) is 12.5. The first-order valence-corrected chi connectivity index (χ1v) is 6.10.